The van der Waals surface area contributed by atoms with Gasteiger partial charge in [0.15, 0.2) is 0 Å². The van der Waals surface area contributed by atoms with Crippen molar-refractivity contribution in [2.45, 2.75) is 0 Å². The van der Waals surface area contributed by atoms with E-state index in [1.54, 1.807) is 0 Å². The van der Waals surface area contributed by atoms with Gasteiger partial charge < -0.3 is 15.2 Å². The van der Waals surface area contributed by atoms with E-state index in [4.69, 9.17) is 0 Å². The fourth-order valence-electron chi connectivity index (χ4n) is 1.49. The van der Waals surface area contributed by atoms with Gasteiger partial charge in [0.1, 0.15) is 0 Å². The number of fused-ring (bicyclic) bond motifs is 2. The molecule has 0 radical (unpaired) electrons. The third-order valence-corrected chi connectivity index (χ3v) is 2.23. The second-order valence-electron chi connectivity index (χ2n) is 3.22. The van der Waals surface area contributed by atoms with Crippen LogP contribution in [-0.2, 0) is 0 Å². The summed E-state index contributed by atoms with van der Waals surface area (Å²) in [6, 6.07) is 2.82. The van der Waals surface area contributed by atoms with Crippen LogP contribution in [0.3, 0.4) is 0 Å². The van der Waals surface area contributed by atoms with E-state index in [0.717, 1.165) is 0 Å². The molecular formula is C8H4N4O4. The van der Waals surface area contributed by atoms with Gasteiger partial charge in [0.25, 0.3) is 5.52 Å². The monoisotopic (exact) mass is 220 g/mol. The van der Waals surface area contributed by atoms with Gasteiger partial charge in [0.2, 0.25) is 5.52 Å². The predicted octanol–water partition coefficient (Wildman–Crippen LogP) is -1.01. The maximum atomic E-state index is 11.1. The molecule has 8 nitrogen and oxygen atoms in total. The van der Waals surface area contributed by atoms with Gasteiger partial charge in [-0.25, -0.2) is 0 Å². The highest BCUT2D eigenvalue weighted by molar-refractivity contribution is 5.88. The minimum absolute atomic E-state index is 0.176. The van der Waals surface area contributed by atoms with Crippen molar-refractivity contribution >= 4 is 22.1 Å². The molecule has 0 saturated heterocycles. The Morgan fingerprint density at radius 3 is 2.50 bits per heavy atom. The van der Waals surface area contributed by atoms with Gasteiger partial charge in [0, 0.05) is 17.3 Å². The van der Waals surface area contributed by atoms with E-state index in [0.29, 0.717) is 16.6 Å². The van der Waals surface area contributed by atoms with Crippen LogP contribution in [0.2, 0.25) is 0 Å². The zero-order chi connectivity index (χ0) is 11.3. The summed E-state index contributed by atoms with van der Waals surface area (Å²) in [5.41, 5.74) is -0.345. The summed E-state index contributed by atoms with van der Waals surface area (Å²) < 4.78 is 4.37. The van der Waals surface area contributed by atoms with E-state index < -0.39 is 11.1 Å². The molecule has 2 aromatic heterocycles. The number of rotatable bonds is 0. The summed E-state index contributed by atoms with van der Waals surface area (Å²) in [6.45, 7) is 0. The van der Waals surface area contributed by atoms with Crippen LogP contribution in [-0.4, -0.2) is 15.1 Å². The second kappa shape index (κ2) is 2.69. The van der Waals surface area contributed by atoms with Crippen LogP contribution in [0.25, 0.3) is 22.1 Å². The predicted molar refractivity (Wildman–Crippen MR) is 51.7 cm³/mol. The lowest BCUT2D eigenvalue weighted by atomic mass is 10.2. The Labute approximate surface area is 85.7 Å². The highest BCUT2D eigenvalue weighted by Gasteiger charge is 2.11. The van der Waals surface area contributed by atoms with Crippen LogP contribution in [0.5, 0.6) is 0 Å². The van der Waals surface area contributed by atoms with Crippen molar-refractivity contribution in [1.82, 2.24) is 15.1 Å². The Balaban J connectivity index is 2.58. The molecule has 0 amide bonds. The molecule has 0 aliphatic carbocycles. The topological polar surface area (TPSA) is 119 Å². The first-order chi connectivity index (χ1) is 7.65. The van der Waals surface area contributed by atoms with Crippen molar-refractivity contribution < 1.29 is 9.53 Å². The van der Waals surface area contributed by atoms with Crippen molar-refractivity contribution in [3.05, 3.63) is 38.0 Å². The molecule has 2 N–H and O–H groups in total. The summed E-state index contributed by atoms with van der Waals surface area (Å²) in [4.78, 5) is 27.1. The standard InChI is InChI=1S/C8H4N4O4/c13-7-8(14)10-4-2-6-5(1-3(4)9-7)11-16-12(6)15/h1-2H,(H,9,13)(H,10,14). The SMILES string of the molecule is O=c1[nH]c2cc3no[n+]([O-])c3cc2[nH]c1=O. The largest absolute Gasteiger partial charge is 0.359 e. The van der Waals surface area contributed by atoms with E-state index in [2.05, 4.69) is 19.8 Å². The Morgan fingerprint density at radius 1 is 1.19 bits per heavy atom. The van der Waals surface area contributed by atoms with Gasteiger partial charge in [-0.1, -0.05) is 0 Å². The lowest BCUT2D eigenvalue weighted by molar-refractivity contribution is -0.782. The van der Waals surface area contributed by atoms with Crippen LogP contribution in [0.1, 0.15) is 0 Å². The lowest BCUT2D eigenvalue weighted by Crippen LogP contribution is -2.29. The summed E-state index contributed by atoms with van der Waals surface area (Å²) >= 11 is 0. The summed E-state index contributed by atoms with van der Waals surface area (Å²) in [5, 5.41) is 14.6. The molecule has 16 heavy (non-hydrogen) atoms. The number of hydrogen-bond donors (Lipinski definition) is 2. The Hall–Kier alpha value is -2.64. The first-order valence-electron chi connectivity index (χ1n) is 4.31. The van der Waals surface area contributed by atoms with Crippen LogP contribution in [0.15, 0.2) is 26.4 Å². The quantitative estimate of drug-likeness (QED) is 0.371. The van der Waals surface area contributed by atoms with Crippen molar-refractivity contribution in [1.29, 1.82) is 0 Å². The first-order valence-corrected chi connectivity index (χ1v) is 4.31. The third kappa shape index (κ3) is 1.03. The van der Waals surface area contributed by atoms with Crippen molar-refractivity contribution in [3.63, 3.8) is 0 Å². The normalized spacial score (nSPS) is 11.2. The minimum Gasteiger partial charge on any atom is -0.359 e. The van der Waals surface area contributed by atoms with Crippen LogP contribution < -0.4 is 16.0 Å². The molecule has 0 saturated carbocycles. The molecule has 80 valence electrons. The van der Waals surface area contributed by atoms with Crippen molar-refractivity contribution in [2.24, 2.45) is 0 Å². The zero-order valence-electron chi connectivity index (χ0n) is 7.68. The summed E-state index contributed by atoms with van der Waals surface area (Å²) in [5.74, 6) is 0. The van der Waals surface area contributed by atoms with Gasteiger partial charge in [-0.3, -0.25) is 14.2 Å². The van der Waals surface area contributed by atoms with E-state index in [1.165, 1.54) is 12.1 Å². The smallest absolute Gasteiger partial charge is 0.314 e. The minimum atomic E-state index is -0.777. The lowest BCUT2D eigenvalue weighted by Gasteiger charge is -1.94. The highest BCUT2D eigenvalue weighted by Crippen LogP contribution is 2.13. The Bertz CT molecular complexity index is 812. The Kier molecular flexibility index (Phi) is 1.45. The molecule has 0 fully saturated rings. The maximum Gasteiger partial charge on any atom is 0.314 e. The fourth-order valence-corrected chi connectivity index (χ4v) is 1.49. The fraction of sp³-hybridized carbons (Fsp3) is 0. The molecule has 3 aromatic rings. The molecule has 0 spiro atoms. The molecule has 3 rings (SSSR count). The summed E-state index contributed by atoms with van der Waals surface area (Å²) in [6.07, 6.45) is 0. The zero-order valence-corrected chi connectivity index (χ0v) is 7.68. The van der Waals surface area contributed by atoms with E-state index in [1.807, 2.05) is 0 Å². The molecule has 2 heterocycles. The van der Waals surface area contributed by atoms with Gasteiger partial charge in [-0.05, 0) is 4.90 Å². The van der Waals surface area contributed by atoms with Crippen LogP contribution >= 0.6 is 0 Å². The van der Waals surface area contributed by atoms with E-state index >= 15 is 0 Å². The number of nitrogens with one attached hydrogen (secondary N) is 2. The van der Waals surface area contributed by atoms with Crippen molar-refractivity contribution in [3.8, 4) is 0 Å². The van der Waals surface area contributed by atoms with E-state index in [-0.39, 0.29) is 10.4 Å². The van der Waals surface area contributed by atoms with Gasteiger partial charge >= 0.3 is 11.1 Å². The van der Waals surface area contributed by atoms with Crippen LogP contribution in [0, 0.1) is 5.21 Å². The average Bonchev–Trinajstić information content (AvgIpc) is 2.59. The summed E-state index contributed by atoms with van der Waals surface area (Å²) in [7, 11) is 0. The Morgan fingerprint density at radius 2 is 1.81 bits per heavy atom. The average molecular weight is 220 g/mol. The molecule has 0 aliphatic heterocycles. The molecule has 8 heteroatoms. The third-order valence-electron chi connectivity index (χ3n) is 2.23. The van der Waals surface area contributed by atoms with Gasteiger partial charge in [0.05, 0.1) is 11.0 Å². The molecule has 0 atom stereocenters. The molecule has 0 bridgehead atoms. The van der Waals surface area contributed by atoms with E-state index in [9.17, 15) is 14.8 Å². The highest BCUT2D eigenvalue weighted by atomic mass is 16.8. The first kappa shape index (κ1) is 8.65. The van der Waals surface area contributed by atoms with Crippen LogP contribution in [0.4, 0.5) is 0 Å². The molecular weight excluding hydrogens is 216 g/mol. The number of aromatic nitrogens is 4. The second-order valence-corrected chi connectivity index (χ2v) is 3.22. The molecule has 0 aliphatic rings. The maximum absolute atomic E-state index is 11.1. The number of hydrogen-bond acceptors (Lipinski definition) is 5. The number of H-pyrrole nitrogens is 2. The number of nitrogens with zero attached hydrogens (tertiary/aromatic N) is 2. The van der Waals surface area contributed by atoms with Gasteiger partial charge in [-0.2, -0.15) is 0 Å². The van der Waals surface area contributed by atoms with Crippen molar-refractivity contribution in [2.75, 3.05) is 0 Å². The van der Waals surface area contributed by atoms with Gasteiger partial charge in [-0.15, -0.1) is 0 Å². The molecule has 1 aromatic carbocycles. The number of aromatic amines is 2. The number of benzene rings is 1. The molecule has 0 unspecified atom stereocenters.